The molecule has 4 heteroatoms. The van der Waals surface area contributed by atoms with Crippen molar-refractivity contribution in [2.75, 3.05) is 13.1 Å². The Morgan fingerprint density at radius 3 is 2.80 bits per heavy atom. The normalized spacial score (nSPS) is 17.6. The minimum absolute atomic E-state index is 0.114. The van der Waals surface area contributed by atoms with Crippen LogP contribution in [0.2, 0.25) is 0 Å². The van der Waals surface area contributed by atoms with Crippen LogP contribution in [-0.2, 0) is 6.42 Å². The second-order valence-electron chi connectivity index (χ2n) is 6.72. The first-order valence-corrected chi connectivity index (χ1v) is 8.82. The minimum atomic E-state index is 0.114. The molecule has 0 unspecified atom stereocenters. The molecule has 1 saturated heterocycles. The molecule has 1 fully saturated rings. The van der Waals surface area contributed by atoms with Crippen LogP contribution >= 0.6 is 0 Å². The van der Waals surface area contributed by atoms with E-state index in [0.717, 1.165) is 37.9 Å². The van der Waals surface area contributed by atoms with Crippen LogP contribution in [0, 0.1) is 5.92 Å². The second-order valence-corrected chi connectivity index (χ2v) is 6.72. The van der Waals surface area contributed by atoms with E-state index < -0.39 is 0 Å². The van der Waals surface area contributed by atoms with Gasteiger partial charge in [0.25, 0.3) is 5.91 Å². The number of piperidine rings is 1. The fourth-order valence-corrected chi connectivity index (χ4v) is 3.75. The predicted octanol–water partition coefficient (Wildman–Crippen LogP) is 3.72. The van der Waals surface area contributed by atoms with E-state index in [2.05, 4.69) is 28.2 Å². The molecule has 4 rings (SSSR count). The number of likely N-dealkylation sites (tertiary alicyclic amines) is 1. The first-order valence-electron chi connectivity index (χ1n) is 8.82. The van der Waals surface area contributed by atoms with Crippen LogP contribution in [0.3, 0.4) is 0 Å². The van der Waals surface area contributed by atoms with Gasteiger partial charge >= 0.3 is 0 Å². The first-order chi connectivity index (χ1) is 12.3. The maximum Gasteiger partial charge on any atom is 0.253 e. The molecule has 0 spiro atoms. The van der Waals surface area contributed by atoms with Gasteiger partial charge in [-0.05, 0) is 48.3 Å². The molecule has 1 atom stereocenters. The van der Waals surface area contributed by atoms with Crippen molar-refractivity contribution in [1.29, 1.82) is 0 Å². The summed E-state index contributed by atoms with van der Waals surface area (Å²) < 4.78 is 0. The third-order valence-corrected chi connectivity index (χ3v) is 4.99. The number of rotatable bonds is 3. The van der Waals surface area contributed by atoms with Gasteiger partial charge in [0.05, 0.1) is 0 Å². The third kappa shape index (κ3) is 3.38. The number of amides is 1. The smallest absolute Gasteiger partial charge is 0.253 e. The lowest BCUT2D eigenvalue weighted by molar-refractivity contribution is 0.0673. The molecule has 1 aromatic carbocycles. The highest BCUT2D eigenvalue weighted by Gasteiger charge is 2.25. The summed E-state index contributed by atoms with van der Waals surface area (Å²) in [5, 5.41) is 2.45. The summed E-state index contributed by atoms with van der Waals surface area (Å²) in [6.45, 7) is 1.65. The number of fused-ring (bicyclic) bond motifs is 1. The van der Waals surface area contributed by atoms with Gasteiger partial charge in [-0.2, -0.15) is 0 Å². The largest absolute Gasteiger partial charge is 0.338 e. The molecular formula is C21H21N3O. The molecule has 0 radical (unpaired) electrons. The number of nitrogens with zero attached hydrogens (tertiary/aromatic N) is 3. The van der Waals surface area contributed by atoms with E-state index in [9.17, 15) is 4.79 Å². The maximum atomic E-state index is 12.7. The summed E-state index contributed by atoms with van der Waals surface area (Å²) in [5.74, 6) is 0.593. The number of pyridine rings is 2. The Labute approximate surface area is 147 Å². The highest BCUT2D eigenvalue weighted by molar-refractivity contribution is 5.94. The van der Waals surface area contributed by atoms with Gasteiger partial charge in [0, 0.05) is 48.8 Å². The van der Waals surface area contributed by atoms with Crippen LogP contribution in [-0.4, -0.2) is 33.9 Å². The van der Waals surface area contributed by atoms with Crippen molar-refractivity contribution in [2.24, 2.45) is 5.92 Å². The number of hydrogen-bond acceptors (Lipinski definition) is 3. The molecule has 0 aliphatic carbocycles. The summed E-state index contributed by atoms with van der Waals surface area (Å²) in [7, 11) is 0. The van der Waals surface area contributed by atoms with Crippen LogP contribution in [0.5, 0.6) is 0 Å². The van der Waals surface area contributed by atoms with Gasteiger partial charge in [0.15, 0.2) is 0 Å². The van der Waals surface area contributed by atoms with E-state index in [1.165, 1.54) is 16.3 Å². The molecule has 1 aliphatic rings. The van der Waals surface area contributed by atoms with Crippen molar-refractivity contribution in [2.45, 2.75) is 19.3 Å². The van der Waals surface area contributed by atoms with Gasteiger partial charge in [0.2, 0.25) is 0 Å². The van der Waals surface area contributed by atoms with Crippen molar-refractivity contribution in [3.05, 3.63) is 72.3 Å². The summed E-state index contributed by atoms with van der Waals surface area (Å²) in [6.07, 6.45) is 10.4. The maximum absolute atomic E-state index is 12.7. The monoisotopic (exact) mass is 331 g/mol. The number of benzene rings is 1. The predicted molar refractivity (Wildman–Crippen MR) is 98.3 cm³/mol. The van der Waals surface area contributed by atoms with Crippen LogP contribution in [0.15, 0.2) is 61.2 Å². The van der Waals surface area contributed by atoms with E-state index in [0.29, 0.717) is 5.92 Å². The zero-order valence-electron chi connectivity index (χ0n) is 14.1. The lowest BCUT2D eigenvalue weighted by Gasteiger charge is -2.33. The SMILES string of the molecule is O=C(c1ccncc1)N1CCC[C@H](Cc2cncc3ccccc23)C1. The van der Waals surface area contributed by atoms with Crippen molar-refractivity contribution in [3.63, 3.8) is 0 Å². The number of hydrogen-bond donors (Lipinski definition) is 0. The van der Waals surface area contributed by atoms with E-state index in [1.54, 1.807) is 24.5 Å². The van der Waals surface area contributed by atoms with Gasteiger partial charge in [-0.15, -0.1) is 0 Å². The standard InChI is InChI=1S/C21H21N3O/c25-21(17-7-9-22-10-8-17)24-11-3-4-16(15-24)12-19-14-23-13-18-5-1-2-6-20(18)19/h1-2,5-10,13-14,16H,3-4,11-12,15H2/t16-/m1/s1. The lowest BCUT2D eigenvalue weighted by Crippen LogP contribution is -2.40. The molecule has 3 aromatic rings. The number of aromatic nitrogens is 2. The van der Waals surface area contributed by atoms with Gasteiger partial charge in [0.1, 0.15) is 0 Å². The van der Waals surface area contributed by atoms with Crippen LogP contribution in [0.1, 0.15) is 28.8 Å². The molecule has 126 valence electrons. The van der Waals surface area contributed by atoms with E-state index in [-0.39, 0.29) is 5.91 Å². The summed E-state index contributed by atoms with van der Waals surface area (Å²) in [6, 6.07) is 12.0. The summed E-state index contributed by atoms with van der Waals surface area (Å²) in [4.78, 5) is 23.1. The fraction of sp³-hybridized carbons (Fsp3) is 0.286. The van der Waals surface area contributed by atoms with Gasteiger partial charge in [-0.25, -0.2) is 0 Å². The zero-order chi connectivity index (χ0) is 17.1. The molecule has 1 amide bonds. The van der Waals surface area contributed by atoms with E-state index >= 15 is 0 Å². The molecule has 0 bridgehead atoms. The molecule has 0 saturated carbocycles. The number of carbonyl (C=O) groups excluding carboxylic acids is 1. The van der Waals surface area contributed by atoms with Crippen LogP contribution < -0.4 is 0 Å². The molecule has 25 heavy (non-hydrogen) atoms. The molecular weight excluding hydrogens is 310 g/mol. The molecule has 1 aliphatic heterocycles. The van der Waals surface area contributed by atoms with Crippen molar-refractivity contribution in [1.82, 2.24) is 14.9 Å². The van der Waals surface area contributed by atoms with E-state index in [4.69, 9.17) is 0 Å². The van der Waals surface area contributed by atoms with Crippen LogP contribution in [0.25, 0.3) is 10.8 Å². The zero-order valence-corrected chi connectivity index (χ0v) is 14.1. The van der Waals surface area contributed by atoms with Crippen molar-refractivity contribution >= 4 is 16.7 Å². The highest BCUT2D eigenvalue weighted by atomic mass is 16.2. The second kappa shape index (κ2) is 7.01. The molecule has 3 heterocycles. The first kappa shape index (κ1) is 15.8. The lowest BCUT2D eigenvalue weighted by atomic mass is 9.90. The fourth-order valence-electron chi connectivity index (χ4n) is 3.75. The Morgan fingerprint density at radius 1 is 1.08 bits per heavy atom. The van der Waals surface area contributed by atoms with E-state index in [1.807, 2.05) is 23.4 Å². The van der Waals surface area contributed by atoms with Gasteiger partial charge in [-0.1, -0.05) is 24.3 Å². The minimum Gasteiger partial charge on any atom is -0.338 e. The Hall–Kier alpha value is -2.75. The van der Waals surface area contributed by atoms with Crippen molar-refractivity contribution < 1.29 is 4.79 Å². The van der Waals surface area contributed by atoms with Gasteiger partial charge in [-0.3, -0.25) is 14.8 Å². The van der Waals surface area contributed by atoms with Crippen LogP contribution in [0.4, 0.5) is 0 Å². The average molecular weight is 331 g/mol. The molecule has 4 nitrogen and oxygen atoms in total. The molecule has 0 N–H and O–H groups in total. The quantitative estimate of drug-likeness (QED) is 0.735. The summed E-state index contributed by atoms with van der Waals surface area (Å²) >= 11 is 0. The highest BCUT2D eigenvalue weighted by Crippen LogP contribution is 2.25. The number of carbonyl (C=O) groups is 1. The Morgan fingerprint density at radius 2 is 1.92 bits per heavy atom. The van der Waals surface area contributed by atoms with Gasteiger partial charge < -0.3 is 4.90 Å². The topological polar surface area (TPSA) is 46.1 Å². The Bertz CT molecular complexity index is 873. The Balaban J connectivity index is 1.51. The Kier molecular flexibility index (Phi) is 4.42. The average Bonchev–Trinajstić information content (AvgIpc) is 2.69. The van der Waals surface area contributed by atoms with Crippen molar-refractivity contribution in [3.8, 4) is 0 Å². The summed E-state index contributed by atoms with van der Waals surface area (Å²) in [5.41, 5.74) is 2.00. The molecule has 2 aromatic heterocycles. The third-order valence-electron chi connectivity index (χ3n) is 4.99.